The SMILES string of the molecule is CC1=Nc2c(F)cc(-c3c[nH]c4nc(NCC5(C(F)(F)F)CC5)ncc34)cc2C[C@@H]1C1CCN(C)CC1. The van der Waals surface area contributed by atoms with Gasteiger partial charge in [0.05, 0.1) is 5.41 Å². The van der Waals surface area contributed by atoms with Gasteiger partial charge in [0.15, 0.2) is 0 Å². The smallest absolute Gasteiger partial charge is 0.353 e. The molecule has 1 aliphatic carbocycles. The second-order valence-electron chi connectivity index (χ2n) is 11.0. The molecule has 2 aliphatic heterocycles. The second kappa shape index (κ2) is 8.79. The number of aliphatic imine (C=N–C) groups is 1. The number of aromatic amines is 1. The van der Waals surface area contributed by atoms with Crippen molar-refractivity contribution >= 4 is 28.4 Å². The van der Waals surface area contributed by atoms with Gasteiger partial charge in [-0.2, -0.15) is 18.2 Å². The maximum absolute atomic E-state index is 15.2. The Morgan fingerprint density at radius 3 is 2.65 bits per heavy atom. The van der Waals surface area contributed by atoms with Gasteiger partial charge >= 0.3 is 6.18 Å². The van der Waals surface area contributed by atoms with E-state index in [2.05, 4.69) is 37.2 Å². The lowest BCUT2D eigenvalue weighted by atomic mass is 9.76. The number of alkyl halides is 3. The van der Waals surface area contributed by atoms with Gasteiger partial charge in [-0.3, -0.25) is 4.99 Å². The number of aromatic nitrogens is 3. The normalized spacial score (nSPS) is 22.1. The van der Waals surface area contributed by atoms with Crippen molar-refractivity contribution < 1.29 is 17.6 Å². The molecule has 0 radical (unpaired) electrons. The number of piperidine rings is 1. The largest absolute Gasteiger partial charge is 0.396 e. The Labute approximate surface area is 212 Å². The van der Waals surface area contributed by atoms with Crippen molar-refractivity contribution in [2.75, 3.05) is 32.0 Å². The van der Waals surface area contributed by atoms with Gasteiger partial charge in [-0.05, 0) is 88.3 Å². The molecule has 0 unspecified atom stereocenters. The van der Waals surface area contributed by atoms with Crippen LogP contribution in [-0.2, 0) is 6.42 Å². The number of hydrogen-bond donors (Lipinski definition) is 2. The number of H-pyrrole nitrogens is 1. The lowest BCUT2D eigenvalue weighted by molar-refractivity contribution is -0.182. The third kappa shape index (κ3) is 4.39. The van der Waals surface area contributed by atoms with Gasteiger partial charge < -0.3 is 15.2 Å². The average Bonchev–Trinajstić information content (AvgIpc) is 3.56. The van der Waals surface area contributed by atoms with Crippen LogP contribution >= 0.6 is 0 Å². The van der Waals surface area contributed by atoms with Gasteiger partial charge in [0.1, 0.15) is 17.2 Å². The van der Waals surface area contributed by atoms with E-state index in [1.807, 2.05) is 13.0 Å². The van der Waals surface area contributed by atoms with Gasteiger partial charge in [-0.1, -0.05) is 0 Å². The van der Waals surface area contributed by atoms with Crippen LogP contribution in [0.25, 0.3) is 22.2 Å². The molecule has 196 valence electrons. The summed E-state index contributed by atoms with van der Waals surface area (Å²) in [4.78, 5) is 18.7. The molecule has 3 aromatic rings. The van der Waals surface area contributed by atoms with Crippen LogP contribution in [0, 0.1) is 23.1 Å². The number of fused-ring (bicyclic) bond motifs is 2. The van der Waals surface area contributed by atoms with Crippen molar-refractivity contribution in [3.05, 3.63) is 35.9 Å². The highest BCUT2D eigenvalue weighted by atomic mass is 19.4. The van der Waals surface area contributed by atoms with Gasteiger partial charge in [-0.15, -0.1) is 0 Å². The van der Waals surface area contributed by atoms with E-state index >= 15 is 4.39 Å². The van der Waals surface area contributed by atoms with E-state index in [9.17, 15) is 13.2 Å². The zero-order chi connectivity index (χ0) is 25.9. The summed E-state index contributed by atoms with van der Waals surface area (Å²) < 4.78 is 54.9. The third-order valence-corrected chi connectivity index (χ3v) is 8.52. The molecule has 1 saturated heterocycles. The second-order valence-corrected chi connectivity index (χ2v) is 11.0. The van der Waals surface area contributed by atoms with E-state index in [0.29, 0.717) is 34.1 Å². The van der Waals surface area contributed by atoms with Crippen LogP contribution in [0.4, 0.5) is 29.2 Å². The van der Waals surface area contributed by atoms with Crippen LogP contribution < -0.4 is 5.32 Å². The molecule has 4 heterocycles. The van der Waals surface area contributed by atoms with Crippen molar-refractivity contribution in [1.82, 2.24) is 19.9 Å². The Morgan fingerprint density at radius 1 is 1.19 bits per heavy atom. The predicted octanol–water partition coefficient (Wildman–Crippen LogP) is 6.12. The van der Waals surface area contributed by atoms with Gasteiger partial charge in [0, 0.05) is 41.5 Å². The molecule has 1 saturated carbocycles. The molecule has 0 spiro atoms. The van der Waals surface area contributed by atoms with Crippen molar-refractivity contribution in [1.29, 1.82) is 0 Å². The lowest BCUT2D eigenvalue weighted by Gasteiger charge is -2.36. The highest BCUT2D eigenvalue weighted by Gasteiger charge is 2.63. The minimum absolute atomic E-state index is 0.116. The summed E-state index contributed by atoms with van der Waals surface area (Å²) in [5, 5.41) is 3.43. The number of nitrogens with zero attached hydrogens (tertiary/aromatic N) is 4. The van der Waals surface area contributed by atoms with Crippen molar-refractivity contribution in [3.63, 3.8) is 0 Å². The molecule has 6 rings (SSSR count). The molecular weight excluding hydrogens is 484 g/mol. The third-order valence-electron chi connectivity index (χ3n) is 8.52. The predicted molar refractivity (Wildman–Crippen MR) is 136 cm³/mol. The topological polar surface area (TPSA) is 69.2 Å². The van der Waals surface area contributed by atoms with Crippen LogP contribution in [0.15, 0.2) is 29.5 Å². The first-order valence-corrected chi connectivity index (χ1v) is 12.8. The first kappa shape index (κ1) is 24.3. The average molecular weight is 515 g/mol. The number of anilines is 1. The van der Waals surface area contributed by atoms with Crippen LogP contribution in [-0.4, -0.2) is 58.4 Å². The minimum Gasteiger partial charge on any atom is -0.353 e. The molecule has 0 amide bonds. The zero-order valence-electron chi connectivity index (χ0n) is 20.9. The molecular formula is C27H30F4N6. The standard InChI is InChI=1S/C27H30F4N6/c1-15-19(16-3-7-37(2)8-4-16)10-18-9-17(11-22(28)23(18)35-15)20-12-32-24-21(20)13-33-25(36-24)34-14-26(5-6-26)27(29,30)31/h9,11-13,16,19H,3-8,10,14H2,1-2H3,(H2,32,33,34,36)/t19-/m0/s1. The summed E-state index contributed by atoms with van der Waals surface area (Å²) in [6, 6.07) is 3.49. The summed E-state index contributed by atoms with van der Waals surface area (Å²) in [5.41, 5.74) is 2.59. The van der Waals surface area contributed by atoms with Crippen molar-refractivity contribution in [2.24, 2.45) is 22.2 Å². The highest BCUT2D eigenvalue weighted by molar-refractivity contribution is 5.95. The minimum atomic E-state index is -4.24. The maximum Gasteiger partial charge on any atom is 0.396 e. The van der Waals surface area contributed by atoms with E-state index in [4.69, 9.17) is 0 Å². The van der Waals surface area contributed by atoms with Gasteiger partial charge in [-0.25, -0.2) is 9.37 Å². The molecule has 1 aromatic carbocycles. The quantitative estimate of drug-likeness (QED) is 0.402. The van der Waals surface area contributed by atoms with E-state index < -0.39 is 11.6 Å². The Kier molecular flexibility index (Phi) is 5.78. The number of halogens is 4. The van der Waals surface area contributed by atoms with Crippen molar-refractivity contribution in [2.45, 2.75) is 45.2 Å². The van der Waals surface area contributed by atoms with Gasteiger partial charge in [0.25, 0.3) is 0 Å². The summed E-state index contributed by atoms with van der Waals surface area (Å²) in [6.45, 7) is 3.91. The summed E-state index contributed by atoms with van der Waals surface area (Å²) in [6.07, 6.45) is 2.30. The Morgan fingerprint density at radius 2 is 1.95 bits per heavy atom. The maximum atomic E-state index is 15.2. The highest BCUT2D eigenvalue weighted by Crippen LogP contribution is 2.57. The van der Waals surface area contributed by atoms with E-state index in [0.717, 1.165) is 49.2 Å². The molecule has 2 aromatic heterocycles. The monoisotopic (exact) mass is 514 g/mol. The molecule has 3 aliphatic rings. The Hall–Kier alpha value is -3.01. The van der Waals surface area contributed by atoms with Crippen LogP contribution in [0.5, 0.6) is 0 Å². The molecule has 6 nitrogen and oxygen atoms in total. The molecule has 2 N–H and O–H groups in total. The van der Waals surface area contributed by atoms with E-state index in [1.54, 1.807) is 12.4 Å². The Balaban J connectivity index is 1.25. The Bertz CT molecular complexity index is 1370. The molecule has 0 bridgehead atoms. The number of likely N-dealkylation sites (tertiary alicyclic amines) is 1. The fourth-order valence-corrected chi connectivity index (χ4v) is 5.87. The molecule has 37 heavy (non-hydrogen) atoms. The molecule has 10 heteroatoms. The number of rotatable bonds is 5. The van der Waals surface area contributed by atoms with Gasteiger partial charge in [0.2, 0.25) is 5.95 Å². The summed E-state index contributed by atoms with van der Waals surface area (Å²) in [5.74, 6) is 0.629. The van der Waals surface area contributed by atoms with Crippen LogP contribution in [0.2, 0.25) is 0 Å². The fraction of sp³-hybridized carbons (Fsp3) is 0.519. The molecule has 2 fully saturated rings. The number of nitrogens with one attached hydrogen (secondary N) is 2. The van der Waals surface area contributed by atoms with Crippen LogP contribution in [0.1, 0.15) is 38.2 Å². The number of benzene rings is 1. The summed E-state index contributed by atoms with van der Waals surface area (Å²) in [7, 11) is 2.14. The number of hydrogen-bond acceptors (Lipinski definition) is 5. The summed E-state index contributed by atoms with van der Waals surface area (Å²) >= 11 is 0. The zero-order valence-corrected chi connectivity index (χ0v) is 20.9. The first-order valence-electron chi connectivity index (χ1n) is 12.8. The first-order chi connectivity index (χ1) is 17.6. The lowest BCUT2D eigenvalue weighted by Crippen LogP contribution is -2.37. The van der Waals surface area contributed by atoms with Crippen LogP contribution in [0.3, 0.4) is 0 Å². The van der Waals surface area contributed by atoms with Crippen molar-refractivity contribution in [3.8, 4) is 11.1 Å². The fourth-order valence-electron chi connectivity index (χ4n) is 5.87. The van der Waals surface area contributed by atoms with E-state index in [1.165, 1.54) is 6.07 Å². The molecule has 1 atom stereocenters. The van der Waals surface area contributed by atoms with E-state index in [-0.39, 0.29) is 31.2 Å².